The third kappa shape index (κ3) is 1.69. The predicted molar refractivity (Wildman–Crippen MR) is 59.3 cm³/mol. The van der Waals surface area contributed by atoms with E-state index in [1.807, 2.05) is 19.1 Å². The minimum absolute atomic E-state index is 0.234. The SMILES string of the molecule is CCOC(=O)N1CCc2c(C)cccc21. The first-order valence-electron chi connectivity index (χ1n) is 5.27. The lowest BCUT2D eigenvalue weighted by Gasteiger charge is -2.16. The van der Waals surface area contributed by atoms with Crippen molar-refractivity contribution in [3.8, 4) is 0 Å². The highest BCUT2D eigenvalue weighted by molar-refractivity contribution is 5.90. The van der Waals surface area contributed by atoms with Crippen molar-refractivity contribution in [3.63, 3.8) is 0 Å². The lowest BCUT2D eigenvalue weighted by Crippen LogP contribution is -2.29. The van der Waals surface area contributed by atoms with E-state index in [4.69, 9.17) is 4.74 Å². The number of anilines is 1. The molecule has 0 spiro atoms. The molecule has 1 aliphatic heterocycles. The van der Waals surface area contributed by atoms with Gasteiger partial charge in [0.1, 0.15) is 0 Å². The highest BCUT2D eigenvalue weighted by Crippen LogP contribution is 2.30. The average Bonchev–Trinajstić information content (AvgIpc) is 2.63. The van der Waals surface area contributed by atoms with Crippen LogP contribution in [-0.2, 0) is 11.2 Å². The summed E-state index contributed by atoms with van der Waals surface area (Å²) < 4.78 is 5.01. The Labute approximate surface area is 89.7 Å². The molecule has 1 aromatic carbocycles. The summed E-state index contributed by atoms with van der Waals surface area (Å²) in [6, 6.07) is 6.03. The summed E-state index contributed by atoms with van der Waals surface area (Å²) in [5, 5.41) is 0. The maximum Gasteiger partial charge on any atom is 0.414 e. The van der Waals surface area contributed by atoms with Crippen molar-refractivity contribution in [2.45, 2.75) is 20.3 Å². The monoisotopic (exact) mass is 205 g/mol. The van der Waals surface area contributed by atoms with Gasteiger partial charge in [-0.05, 0) is 37.5 Å². The molecule has 0 N–H and O–H groups in total. The van der Waals surface area contributed by atoms with Crippen molar-refractivity contribution in [1.82, 2.24) is 0 Å². The van der Waals surface area contributed by atoms with E-state index in [1.165, 1.54) is 11.1 Å². The van der Waals surface area contributed by atoms with E-state index in [0.29, 0.717) is 6.61 Å². The minimum atomic E-state index is -0.234. The summed E-state index contributed by atoms with van der Waals surface area (Å²) >= 11 is 0. The van der Waals surface area contributed by atoms with E-state index < -0.39 is 0 Å². The van der Waals surface area contributed by atoms with Crippen molar-refractivity contribution in [3.05, 3.63) is 29.3 Å². The highest BCUT2D eigenvalue weighted by Gasteiger charge is 2.26. The molecule has 0 aromatic heterocycles. The van der Waals surface area contributed by atoms with Crippen LogP contribution in [0.15, 0.2) is 18.2 Å². The number of ether oxygens (including phenoxy) is 1. The Balaban J connectivity index is 2.29. The van der Waals surface area contributed by atoms with E-state index in [-0.39, 0.29) is 6.09 Å². The molecule has 1 aromatic rings. The summed E-state index contributed by atoms with van der Waals surface area (Å²) in [6.07, 6.45) is 0.697. The van der Waals surface area contributed by atoms with Crippen molar-refractivity contribution >= 4 is 11.8 Å². The maximum absolute atomic E-state index is 11.6. The molecule has 0 bridgehead atoms. The molecule has 2 rings (SSSR count). The summed E-state index contributed by atoms with van der Waals surface area (Å²) in [5.74, 6) is 0. The molecule has 0 radical (unpaired) electrons. The van der Waals surface area contributed by atoms with Crippen molar-refractivity contribution in [2.24, 2.45) is 0 Å². The Bertz CT molecular complexity index is 387. The van der Waals surface area contributed by atoms with Gasteiger partial charge in [0.05, 0.1) is 12.3 Å². The summed E-state index contributed by atoms with van der Waals surface area (Å²) in [6.45, 7) is 5.06. The molecular formula is C12H15NO2. The summed E-state index contributed by atoms with van der Waals surface area (Å²) in [5.41, 5.74) is 3.53. The van der Waals surface area contributed by atoms with Crippen molar-refractivity contribution < 1.29 is 9.53 Å². The van der Waals surface area contributed by atoms with E-state index in [0.717, 1.165) is 18.7 Å². The smallest absolute Gasteiger partial charge is 0.414 e. The van der Waals surface area contributed by atoms with Crippen LogP contribution in [-0.4, -0.2) is 19.2 Å². The molecular weight excluding hydrogens is 190 g/mol. The molecule has 3 nitrogen and oxygen atoms in total. The van der Waals surface area contributed by atoms with Crippen LogP contribution >= 0.6 is 0 Å². The Morgan fingerprint density at radius 3 is 3.07 bits per heavy atom. The Morgan fingerprint density at radius 2 is 2.33 bits per heavy atom. The first-order valence-corrected chi connectivity index (χ1v) is 5.27. The number of hydrogen-bond acceptors (Lipinski definition) is 2. The summed E-state index contributed by atoms with van der Waals surface area (Å²) in [7, 11) is 0. The lowest BCUT2D eigenvalue weighted by molar-refractivity contribution is 0.160. The molecule has 15 heavy (non-hydrogen) atoms. The third-order valence-corrected chi connectivity index (χ3v) is 2.75. The van der Waals surface area contributed by atoms with E-state index in [2.05, 4.69) is 13.0 Å². The van der Waals surface area contributed by atoms with E-state index >= 15 is 0 Å². The standard InChI is InChI=1S/C12H15NO2/c1-3-15-12(14)13-8-7-10-9(2)5-4-6-11(10)13/h4-6H,3,7-8H2,1-2H3. The van der Waals surface area contributed by atoms with Gasteiger partial charge in [-0.2, -0.15) is 0 Å². The van der Waals surface area contributed by atoms with Gasteiger partial charge in [-0.3, -0.25) is 4.90 Å². The van der Waals surface area contributed by atoms with Crippen LogP contribution in [0.1, 0.15) is 18.1 Å². The molecule has 1 heterocycles. The maximum atomic E-state index is 11.6. The van der Waals surface area contributed by atoms with Crippen LogP contribution in [0.3, 0.4) is 0 Å². The van der Waals surface area contributed by atoms with Gasteiger partial charge in [-0.25, -0.2) is 4.79 Å². The first kappa shape index (κ1) is 10.0. The van der Waals surface area contributed by atoms with Gasteiger partial charge in [0.15, 0.2) is 0 Å². The van der Waals surface area contributed by atoms with Gasteiger partial charge in [-0.15, -0.1) is 0 Å². The second kappa shape index (κ2) is 3.93. The van der Waals surface area contributed by atoms with E-state index in [9.17, 15) is 4.79 Å². The number of aryl methyl sites for hydroxylation is 1. The number of carbonyl (C=O) groups is 1. The minimum Gasteiger partial charge on any atom is -0.449 e. The zero-order valence-electron chi connectivity index (χ0n) is 9.12. The fourth-order valence-electron chi connectivity index (χ4n) is 2.00. The highest BCUT2D eigenvalue weighted by atomic mass is 16.6. The number of amides is 1. The average molecular weight is 205 g/mol. The zero-order valence-corrected chi connectivity index (χ0v) is 9.12. The Kier molecular flexibility index (Phi) is 2.62. The number of rotatable bonds is 1. The molecule has 0 unspecified atom stereocenters. The van der Waals surface area contributed by atoms with Gasteiger partial charge >= 0.3 is 6.09 Å². The zero-order chi connectivity index (χ0) is 10.8. The number of carbonyl (C=O) groups excluding carboxylic acids is 1. The molecule has 0 fully saturated rings. The van der Waals surface area contributed by atoms with Crippen molar-refractivity contribution in [1.29, 1.82) is 0 Å². The topological polar surface area (TPSA) is 29.5 Å². The number of fused-ring (bicyclic) bond motifs is 1. The lowest BCUT2D eigenvalue weighted by atomic mass is 10.1. The van der Waals surface area contributed by atoms with Gasteiger partial charge in [0.2, 0.25) is 0 Å². The molecule has 80 valence electrons. The Morgan fingerprint density at radius 1 is 1.53 bits per heavy atom. The molecule has 0 atom stereocenters. The summed E-state index contributed by atoms with van der Waals surface area (Å²) in [4.78, 5) is 13.3. The largest absolute Gasteiger partial charge is 0.449 e. The van der Waals surface area contributed by atoms with Crippen LogP contribution < -0.4 is 4.90 Å². The fraction of sp³-hybridized carbons (Fsp3) is 0.417. The van der Waals surface area contributed by atoms with Gasteiger partial charge in [-0.1, -0.05) is 12.1 Å². The normalized spacial score (nSPS) is 13.9. The fourth-order valence-corrected chi connectivity index (χ4v) is 2.00. The van der Waals surface area contributed by atoms with Gasteiger partial charge < -0.3 is 4.74 Å². The van der Waals surface area contributed by atoms with Gasteiger partial charge in [0.25, 0.3) is 0 Å². The first-order chi connectivity index (χ1) is 7.24. The second-order valence-corrected chi connectivity index (χ2v) is 3.67. The van der Waals surface area contributed by atoms with Crippen LogP contribution in [0.5, 0.6) is 0 Å². The molecule has 3 heteroatoms. The van der Waals surface area contributed by atoms with Gasteiger partial charge in [0, 0.05) is 6.54 Å². The quantitative estimate of drug-likeness (QED) is 0.705. The third-order valence-electron chi connectivity index (χ3n) is 2.75. The predicted octanol–water partition coefficient (Wildman–Crippen LogP) is 2.51. The second-order valence-electron chi connectivity index (χ2n) is 3.67. The molecule has 0 aliphatic carbocycles. The molecule has 1 amide bonds. The van der Waals surface area contributed by atoms with Crippen LogP contribution in [0, 0.1) is 6.92 Å². The van der Waals surface area contributed by atoms with Crippen LogP contribution in [0.4, 0.5) is 10.5 Å². The molecule has 1 aliphatic rings. The molecule has 0 saturated carbocycles. The Hall–Kier alpha value is -1.51. The van der Waals surface area contributed by atoms with Crippen LogP contribution in [0.25, 0.3) is 0 Å². The number of hydrogen-bond donors (Lipinski definition) is 0. The van der Waals surface area contributed by atoms with Crippen molar-refractivity contribution in [2.75, 3.05) is 18.1 Å². The molecule has 0 saturated heterocycles. The number of nitrogens with zero attached hydrogens (tertiary/aromatic N) is 1. The van der Waals surface area contributed by atoms with E-state index in [1.54, 1.807) is 4.90 Å². The van der Waals surface area contributed by atoms with Crippen LogP contribution in [0.2, 0.25) is 0 Å². The number of benzene rings is 1.